The Bertz CT molecular complexity index is 439. The number of nitrogens with one attached hydrogen (secondary N) is 1. The molecule has 20 heavy (non-hydrogen) atoms. The molecule has 0 aromatic heterocycles. The molecule has 1 aromatic rings. The quantitative estimate of drug-likeness (QED) is 0.887. The second-order valence-corrected chi connectivity index (χ2v) is 6.83. The predicted octanol–water partition coefficient (Wildman–Crippen LogP) is 3.99. The van der Waals surface area contributed by atoms with Crippen molar-refractivity contribution >= 4 is 11.6 Å². The molecule has 0 saturated carbocycles. The first kappa shape index (κ1) is 15.8. The zero-order valence-corrected chi connectivity index (χ0v) is 13.6. The Morgan fingerprint density at radius 1 is 1.30 bits per heavy atom. The molecule has 1 saturated heterocycles. The van der Waals surface area contributed by atoms with E-state index in [1.807, 2.05) is 0 Å². The summed E-state index contributed by atoms with van der Waals surface area (Å²) in [6.45, 7) is 9.25. The van der Waals surface area contributed by atoms with Crippen molar-refractivity contribution < 1.29 is 4.74 Å². The van der Waals surface area contributed by atoms with Gasteiger partial charge < -0.3 is 10.1 Å². The Labute approximate surface area is 127 Å². The van der Waals surface area contributed by atoms with Crippen molar-refractivity contribution in [3.8, 4) is 0 Å². The lowest BCUT2D eigenvalue weighted by Gasteiger charge is -2.38. The summed E-state index contributed by atoms with van der Waals surface area (Å²) < 4.78 is 5.56. The largest absolute Gasteiger partial charge is 0.381 e. The Balaban J connectivity index is 2.14. The fourth-order valence-electron chi connectivity index (χ4n) is 2.84. The second kappa shape index (κ2) is 6.93. The van der Waals surface area contributed by atoms with Crippen LogP contribution >= 0.6 is 11.6 Å². The van der Waals surface area contributed by atoms with Crippen LogP contribution in [-0.4, -0.2) is 25.8 Å². The maximum atomic E-state index is 6.42. The van der Waals surface area contributed by atoms with Crippen LogP contribution in [0.1, 0.15) is 37.8 Å². The van der Waals surface area contributed by atoms with Crippen LogP contribution in [0.15, 0.2) is 18.2 Å². The van der Waals surface area contributed by atoms with Crippen LogP contribution in [0.2, 0.25) is 5.02 Å². The first-order chi connectivity index (χ1) is 9.51. The van der Waals surface area contributed by atoms with Crippen molar-refractivity contribution in [2.75, 3.05) is 19.8 Å². The van der Waals surface area contributed by atoms with Crippen molar-refractivity contribution in [3.05, 3.63) is 34.3 Å². The predicted molar refractivity (Wildman–Crippen MR) is 85.5 cm³/mol. The molecule has 0 radical (unpaired) electrons. The summed E-state index contributed by atoms with van der Waals surface area (Å²) in [5.74, 6) is 0. The van der Waals surface area contributed by atoms with Gasteiger partial charge in [0.1, 0.15) is 0 Å². The van der Waals surface area contributed by atoms with Gasteiger partial charge in [-0.3, -0.25) is 0 Å². The van der Waals surface area contributed by atoms with Crippen molar-refractivity contribution in [1.82, 2.24) is 5.32 Å². The smallest absolute Gasteiger partial charge is 0.0471 e. The third-order valence-electron chi connectivity index (χ3n) is 4.21. The maximum Gasteiger partial charge on any atom is 0.0471 e. The molecule has 0 atom stereocenters. The van der Waals surface area contributed by atoms with Crippen molar-refractivity contribution in [3.63, 3.8) is 0 Å². The summed E-state index contributed by atoms with van der Waals surface area (Å²) in [6, 6.07) is 6.93. The third kappa shape index (κ3) is 4.21. The van der Waals surface area contributed by atoms with Crippen molar-refractivity contribution in [2.45, 2.75) is 46.1 Å². The number of halogens is 1. The molecule has 1 fully saturated rings. The van der Waals surface area contributed by atoms with E-state index in [0.29, 0.717) is 6.04 Å². The maximum absolute atomic E-state index is 6.42. The SMILES string of the molecule is Cc1ccc(CC2(CNC(C)C)CCOCC2)c(Cl)c1. The third-order valence-corrected chi connectivity index (χ3v) is 4.56. The summed E-state index contributed by atoms with van der Waals surface area (Å²) in [7, 11) is 0. The minimum atomic E-state index is 0.279. The van der Waals surface area contributed by atoms with Gasteiger partial charge in [-0.2, -0.15) is 0 Å². The molecule has 0 amide bonds. The van der Waals surface area contributed by atoms with Crippen LogP contribution in [-0.2, 0) is 11.2 Å². The molecule has 0 unspecified atom stereocenters. The molecular weight excluding hydrogens is 270 g/mol. The van der Waals surface area contributed by atoms with E-state index in [2.05, 4.69) is 44.3 Å². The summed E-state index contributed by atoms with van der Waals surface area (Å²) >= 11 is 6.42. The number of hydrogen-bond donors (Lipinski definition) is 1. The minimum absolute atomic E-state index is 0.279. The first-order valence-corrected chi connectivity index (χ1v) is 7.95. The highest BCUT2D eigenvalue weighted by molar-refractivity contribution is 6.31. The van der Waals surface area contributed by atoms with Crippen LogP contribution in [0.4, 0.5) is 0 Å². The Morgan fingerprint density at radius 3 is 2.60 bits per heavy atom. The van der Waals surface area contributed by atoms with Gasteiger partial charge in [-0.15, -0.1) is 0 Å². The molecule has 2 nitrogen and oxygen atoms in total. The van der Waals surface area contributed by atoms with Gasteiger partial charge in [-0.25, -0.2) is 0 Å². The average Bonchev–Trinajstić information content (AvgIpc) is 2.41. The normalized spacial score (nSPS) is 18.4. The number of ether oxygens (including phenoxy) is 1. The van der Waals surface area contributed by atoms with E-state index in [9.17, 15) is 0 Å². The van der Waals surface area contributed by atoms with E-state index >= 15 is 0 Å². The van der Waals surface area contributed by atoms with Gasteiger partial charge in [0.05, 0.1) is 0 Å². The molecule has 1 heterocycles. The topological polar surface area (TPSA) is 21.3 Å². The van der Waals surface area contributed by atoms with Gasteiger partial charge in [0.15, 0.2) is 0 Å². The fourth-order valence-corrected chi connectivity index (χ4v) is 3.14. The highest BCUT2D eigenvalue weighted by Gasteiger charge is 2.33. The highest BCUT2D eigenvalue weighted by Crippen LogP contribution is 2.36. The summed E-state index contributed by atoms with van der Waals surface area (Å²) in [5, 5.41) is 4.51. The van der Waals surface area contributed by atoms with E-state index in [4.69, 9.17) is 16.3 Å². The van der Waals surface area contributed by atoms with Gasteiger partial charge in [-0.1, -0.05) is 37.6 Å². The highest BCUT2D eigenvalue weighted by atomic mass is 35.5. The summed E-state index contributed by atoms with van der Waals surface area (Å²) in [4.78, 5) is 0. The molecule has 3 heteroatoms. The molecular formula is C17H26ClNO. The van der Waals surface area contributed by atoms with E-state index in [-0.39, 0.29) is 5.41 Å². The fraction of sp³-hybridized carbons (Fsp3) is 0.647. The standard InChI is InChI=1S/C17H26ClNO/c1-13(2)19-12-17(6-8-20-9-7-17)11-15-5-4-14(3)10-16(15)18/h4-5,10,13,19H,6-9,11-12H2,1-3H3. The Morgan fingerprint density at radius 2 is 2.00 bits per heavy atom. The molecule has 1 aliphatic rings. The van der Waals surface area contributed by atoms with Crippen LogP contribution in [0.25, 0.3) is 0 Å². The lowest BCUT2D eigenvalue weighted by atomic mass is 9.75. The zero-order valence-electron chi connectivity index (χ0n) is 12.8. The van der Waals surface area contributed by atoms with E-state index in [1.165, 1.54) is 11.1 Å². The van der Waals surface area contributed by atoms with Gasteiger partial charge in [-0.05, 0) is 48.8 Å². The lowest BCUT2D eigenvalue weighted by Crippen LogP contribution is -2.42. The molecule has 112 valence electrons. The molecule has 1 aromatic carbocycles. The first-order valence-electron chi connectivity index (χ1n) is 7.57. The molecule has 0 spiro atoms. The number of rotatable bonds is 5. The average molecular weight is 296 g/mol. The van der Waals surface area contributed by atoms with E-state index in [1.54, 1.807) is 0 Å². The summed E-state index contributed by atoms with van der Waals surface area (Å²) in [5.41, 5.74) is 2.77. The van der Waals surface area contributed by atoms with Crippen LogP contribution in [0.3, 0.4) is 0 Å². The van der Waals surface area contributed by atoms with Crippen molar-refractivity contribution in [1.29, 1.82) is 0 Å². The number of hydrogen-bond acceptors (Lipinski definition) is 2. The number of benzene rings is 1. The summed E-state index contributed by atoms with van der Waals surface area (Å²) in [6.07, 6.45) is 3.25. The second-order valence-electron chi connectivity index (χ2n) is 6.42. The van der Waals surface area contributed by atoms with Crippen LogP contribution in [0, 0.1) is 12.3 Å². The number of aryl methyl sites for hydroxylation is 1. The van der Waals surface area contributed by atoms with Gasteiger partial charge in [0, 0.05) is 30.8 Å². The van der Waals surface area contributed by atoms with Gasteiger partial charge in [0.25, 0.3) is 0 Å². The molecule has 1 aliphatic heterocycles. The Hall–Kier alpha value is -0.570. The minimum Gasteiger partial charge on any atom is -0.381 e. The van der Waals surface area contributed by atoms with Gasteiger partial charge in [0.2, 0.25) is 0 Å². The van der Waals surface area contributed by atoms with Crippen LogP contribution in [0.5, 0.6) is 0 Å². The van der Waals surface area contributed by atoms with Crippen molar-refractivity contribution in [2.24, 2.45) is 5.41 Å². The van der Waals surface area contributed by atoms with Crippen LogP contribution < -0.4 is 5.32 Å². The zero-order chi connectivity index (χ0) is 14.6. The molecule has 0 bridgehead atoms. The molecule has 2 rings (SSSR count). The Kier molecular flexibility index (Phi) is 5.48. The van der Waals surface area contributed by atoms with E-state index < -0.39 is 0 Å². The monoisotopic (exact) mass is 295 g/mol. The van der Waals surface area contributed by atoms with Gasteiger partial charge >= 0.3 is 0 Å². The lowest BCUT2D eigenvalue weighted by molar-refractivity contribution is 0.0141. The van der Waals surface area contributed by atoms with E-state index in [0.717, 1.165) is 44.0 Å². The molecule has 0 aliphatic carbocycles. The molecule has 1 N–H and O–H groups in total.